The summed E-state index contributed by atoms with van der Waals surface area (Å²) >= 11 is 0. The maximum absolute atomic E-state index is 11.0. The highest BCUT2D eigenvalue weighted by molar-refractivity contribution is 6.62. The van der Waals surface area contributed by atoms with E-state index in [1.807, 2.05) is 39.8 Å². The predicted octanol–water partition coefficient (Wildman–Crippen LogP) is 2.40. The summed E-state index contributed by atoms with van der Waals surface area (Å²) in [6.45, 7) is 8.08. The first kappa shape index (κ1) is 18.2. The van der Waals surface area contributed by atoms with E-state index in [0.29, 0.717) is 18.7 Å². The molecule has 0 aromatic carbocycles. The molecule has 6 nitrogen and oxygen atoms in total. The maximum Gasteiger partial charge on any atom is 0.496 e. The highest BCUT2D eigenvalue weighted by Gasteiger charge is 2.51. The molecule has 0 amide bonds. The van der Waals surface area contributed by atoms with E-state index >= 15 is 0 Å². The SMILES string of the molecule is CC1(C)OB(c2ccc(O[C@H]3CC[C@@H](C(=O)O)CC3)nc2)OC1(C)C. The Kier molecular flexibility index (Phi) is 4.81. The zero-order valence-corrected chi connectivity index (χ0v) is 15.3. The molecule has 1 aromatic heterocycles. The van der Waals surface area contributed by atoms with Gasteiger partial charge in [-0.25, -0.2) is 4.98 Å². The largest absolute Gasteiger partial charge is 0.496 e. The van der Waals surface area contributed by atoms with Crippen LogP contribution >= 0.6 is 0 Å². The lowest BCUT2D eigenvalue weighted by molar-refractivity contribution is -0.143. The van der Waals surface area contributed by atoms with Gasteiger partial charge in [-0.15, -0.1) is 0 Å². The second-order valence-corrected chi connectivity index (χ2v) is 7.95. The molecule has 2 aliphatic rings. The van der Waals surface area contributed by atoms with E-state index in [1.165, 1.54) is 0 Å². The summed E-state index contributed by atoms with van der Waals surface area (Å²) in [4.78, 5) is 15.4. The van der Waals surface area contributed by atoms with E-state index in [-0.39, 0.29) is 23.2 Å². The van der Waals surface area contributed by atoms with E-state index in [1.54, 1.807) is 6.20 Å². The molecule has 2 fully saturated rings. The third-order valence-corrected chi connectivity index (χ3v) is 5.60. The van der Waals surface area contributed by atoms with Crippen LogP contribution in [0.15, 0.2) is 18.3 Å². The fourth-order valence-electron chi connectivity index (χ4n) is 3.18. The molecule has 0 radical (unpaired) electrons. The number of rotatable bonds is 4. The van der Waals surface area contributed by atoms with Gasteiger partial charge in [0.1, 0.15) is 6.10 Å². The molecule has 0 atom stereocenters. The van der Waals surface area contributed by atoms with Gasteiger partial charge in [0.25, 0.3) is 0 Å². The van der Waals surface area contributed by atoms with Crippen molar-refractivity contribution in [2.75, 3.05) is 0 Å². The van der Waals surface area contributed by atoms with Crippen molar-refractivity contribution in [2.45, 2.75) is 70.7 Å². The second kappa shape index (κ2) is 6.61. The quantitative estimate of drug-likeness (QED) is 0.843. The van der Waals surface area contributed by atoms with Gasteiger partial charge in [0, 0.05) is 11.7 Å². The Morgan fingerprint density at radius 2 is 1.76 bits per heavy atom. The Morgan fingerprint density at radius 1 is 1.16 bits per heavy atom. The molecule has 7 heteroatoms. The highest BCUT2D eigenvalue weighted by Crippen LogP contribution is 2.36. The monoisotopic (exact) mass is 347 g/mol. The normalized spacial score (nSPS) is 27.9. The molecule has 2 heterocycles. The minimum Gasteiger partial charge on any atom is -0.481 e. The van der Waals surface area contributed by atoms with Crippen LogP contribution in [0.5, 0.6) is 5.88 Å². The van der Waals surface area contributed by atoms with Crippen molar-refractivity contribution in [3.8, 4) is 5.88 Å². The molecule has 0 spiro atoms. The van der Waals surface area contributed by atoms with Gasteiger partial charge < -0.3 is 19.2 Å². The van der Waals surface area contributed by atoms with E-state index in [0.717, 1.165) is 18.3 Å². The Labute approximate surface area is 149 Å². The molecular weight excluding hydrogens is 321 g/mol. The van der Waals surface area contributed by atoms with Gasteiger partial charge in [-0.2, -0.15) is 0 Å². The number of carboxylic acids is 1. The molecular formula is C18H26BNO5. The van der Waals surface area contributed by atoms with Crippen LogP contribution in [-0.4, -0.2) is 40.5 Å². The van der Waals surface area contributed by atoms with Crippen LogP contribution in [-0.2, 0) is 14.1 Å². The summed E-state index contributed by atoms with van der Waals surface area (Å²) in [5.74, 6) is -0.388. The third-order valence-electron chi connectivity index (χ3n) is 5.60. The summed E-state index contributed by atoms with van der Waals surface area (Å²) < 4.78 is 17.9. The van der Waals surface area contributed by atoms with Gasteiger partial charge in [0.2, 0.25) is 5.88 Å². The summed E-state index contributed by atoms with van der Waals surface area (Å²) in [5, 5.41) is 9.05. The van der Waals surface area contributed by atoms with Crippen LogP contribution in [0.25, 0.3) is 0 Å². The Morgan fingerprint density at radius 3 is 2.24 bits per heavy atom. The number of hydrogen-bond acceptors (Lipinski definition) is 5. The first-order chi connectivity index (χ1) is 11.7. The van der Waals surface area contributed by atoms with Crippen molar-refractivity contribution in [1.29, 1.82) is 0 Å². The van der Waals surface area contributed by atoms with Gasteiger partial charge in [-0.1, -0.05) is 6.07 Å². The van der Waals surface area contributed by atoms with Gasteiger partial charge in [0.05, 0.1) is 17.1 Å². The maximum atomic E-state index is 11.0. The van der Waals surface area contributed by atoms with Gasteiger partial charge in [-0.3, -0.25) is 4.79 Å². The van der Waals surface area contributed by atoms with Crippen LogP contribution in [0.2, 0.25) is 0 Å². The first-order valence-electron chi connectivity index (χ1n) is 8.89. The standard InChI is InChI=1S/C18H26BNO5/c1-17(2)18(3,4)25-19(24-17)13-7-10-15(20-11-13)23-14-8-5-12(6-9-14)16(21)22/h7,10-12,14H,5-6,8-9H2,1-4H3,(H,21,22)/t12-,14+. The van der Waals surface area contributed by atoms with E-state index in [2.05, 4.69) is 4.98 Å². The molecule has 3 rings (SSSR count). The lowest BCUT2D eigenvalue weighted by Gasteiger charge is -2.32. The fraction of sp³-hybridized carbons (Fsp3) is 0.667. The van der Waals surface area contributed by atoms with Crippen LogP contribution in [0.4, 0.5) is 0 Å². The summed E-state index contributed by atoms with van der Waals surface area (Å²) in [6.07, 6.45) is 4.57. The number of carbonyl (C=O) groups is 1. The van der Waals surface area contributed by atoms with Crippen molar-refractivity contribution in [1.82, 2.24) is 4.98 Å². The number of nitrogens with zero attached hydrogens (tertiary/aromatic N) is 1. The molecule has 1 saturated carbocycles. The number of pyridine rings is 1. The average Bonchev–Trinajstić information content (AvgIpc) is 2.76. The molecule has 25 heavy (non-hydrogen) atoms. The van der Waals surface area contributed by atoms with Crippen LogP contribution in [0.1, 0.15) is 53.4 Å². The molecule has 1 N–H and O–H groups in total. The van der Waals surface area contributed by atoms with Crippen LogP contribution < -0.4 is 10.2 Å². The Balaban J connectivity index is 1.58. The number of aliphatic carboxylic acids is 1. The number of ether oxygens (including phenoxy) is 1. The smallest absolute Gasteiger partial charge is 0.481 e. The topological polar surface area (TPSA) is 77.9 Å². The molecule has 1 saturated heterocycles. The fourth-order valence-corrected chi connectivity index (χ4v) is 3.18. The van der Waals surface area contributed by atoms with E-state index in [4.69, 9.17) is 19.2 Å². The average molecular weight is 347 g/mol. The lowest BCUT2D eigenvalue weighted by atomic mass is 9.80. The van der Waals surface area contributed by atoms with Crippen molar-refractivity contribution in [2.24, 2.45) is 5.92 Å². The van der Waals surface area contributed by atoms with Crippen LogP contribution in [0, 0.1) is 5.92 Å². The molecule has 0 unspecified atom stereocenters. The molecule has 1 aliphatic carbocycles. The first-order valence-corrected chi connectivity index (χ1v) is 8.89. The highest BCUT2D eigenvalue weighted by atomic mass is 16.7. The Bertz CT molecular complexity index is 607. The Hall–Kier alpha value is -1.60. The zero-order valence-electron chi connectivity index (χ0n) is 15.3. The molecule has 136 valence electrons. The van der Waals surface area contributed by atoms with Crippen molar-refractivity contribution >= 4 is 18.6 Å². The second-order valence-electron chi connectivity index (χ2n) is 7.95. The summed E-state index contributed by atoms with van der Waals surface area (Å²) in [7, 11) is -0.433. The van der Waals surface area contributed by atoms with Crippen molar-refractivity contribution in [3.63, 3.8) is 0 Å². The summed E-state index contributed by atoms with van der Waals surface area (Å²) in [6, 6.07) is 3.73. The van der Waals surface area contributed by atoms with E-state index in [9.17, 15) is 4.79 Å². The van der Waals surface area contributed by atoms with Crippen LogP contribution in [0.3, 0.4) is 0 Å². The van der Waals surface area contributed by atoms with Gasteiger partial charge in [0.15, 0.2) is 0 Å². The third kappa shape index (κ3) is 3.82. The minimum absolute atomic E-state index is 0.0331. The number of carboxylic acid groups (broad SMARTS) is 1. The van der Waals surface area contributed by atoms with Crippen molar-refractivity contribution < 1.29 is 23.9 Å². The molecule has 0 bridgehead atoms. The number of aromatic nitrogens is 1. The number of hydrogen-bond donors (Lipinski definition) is 1. The minimum atomic E-state index is -0.705. The predicted molar refractivity (Wildman–Crippen MR) is 94.0 cm³/mol. The molecule has 1 aromatic rings. The molecule has 1 aliphatic heterocycles. The van der Waals surface area contributed by atoms with Gasteiger partial charge >= 0.3 is 13.1 Å². The van der Waals surface area contributed by atoms with Gasteiger partial charge in [-0.05, 0) is 59.4 Å². The lowest BCUT2D eigenvalue weighted by Crippen LogP contribution is -2.41. The van der Waals surface area contributed by atoms with E-state index < -0.39 is 13.1 Å². The summed E-state index contributed by atoms with van der Waals surface area (Å²) in [5.41, 5.74) is 0.103. The zero-order chi connectivity index (χ0) is 18.2. The van der Waals surface area contributed by atoms with Crippen molar-refractivity contribution in [3.05, 3.63) is 18.3 Å².